The number of amides is 1. The van der Waals surface area contributed by atoms with Crippen molar-refractivity contribution in [2.45, 2.75) is 38.8 Å². The molecule has 0 saturated carbocycles. The number of aryl methyl sites for hydroxylation is 1. The maximum atomic E-state index is 12.8. The molecule has 1 unspecified atom stereocenters. The van der Waals surface area contributed by atoms with Crippen LogP contribution in [-0.4, -0.2) is 64.3 Å². The summed E-state index contributed by atoms with van der Waals surface area (Å²) in [5, 5.41) is 9.66. The molecular weight excluding hydrogens is 358 g/mol. The molecule has 2 aromatic heterocycles. The number of carbonyl (C=O) groups is 1. The van der Waals surface area contributed by atoms with Gasteiger partial charge in [0.25, 0.3) is 5.91 Å². The summed E-state index contributed by atoms with van der Waals surface area (Å²) in [6.07, 6.45) is 3.11. The second kappa shape index (κ2) is 8.12. The molecule has 1 aliphatic carbocycles. The minimum atomic E-state index is -0.0447. The molecule has 2 aromatic rings. The topological polar surface area (TPSA) is 53.4 Å². The largest absolute Gasteiger partial charge is 0.346 e. The van der Waals surface area contributed by atoms with Gasteiger partial charge in [0.05, 0.1) is 6.54 Å². The molecule has 1 fully saturated rings. The first-order valence-corrected chi connectivity index (χ1v) is 10.9. The highest BCUT2D eigenvalue weighted by Gasteiger charge is 2.32. The fraction of sp³-hybridized carbons (Fsp3) is 0.600. The summed E-state index contributed by atoms with van der Waals surface area (Å²) < 4.78 is 1.92. The number of hydrogen-bond acceptors (Lipinski definition) is 5. The zero-order chi connectivity index (χ0) is 18.8. The van der Waals surface area contributed by atoms with Crippen LogP contribution in [0.2, 0.25) is 0 Å². The van der Waals surface area contributed by atoms with E-state index in [2.05, 4.69) is 27.1 Å². The van der Waals surface area contributed by atoms with Gasteiger partial charge in [-0.3, -0.25) is 14.4 Å². The summed E-state index contributed by atoms with van der Waals surface area (Å²) in [4.78, 5) is 19.1. The predicted octanol–water partition coefficient (Wildman–Crippen LogP) is 1.91. The summed E-state index contributed by atoms with van der Waals surface area (Å²) in [6.45, 7) is 8.52. The Morgan fingerprint density at radius 3 is 2.85 bits per heavy atom. The van der Waals surface area contributed by atoms with Crippen molar-refractivity contribution in [1.29, 1.82) is 0 Å². The van der Waals surface area contributed by atoms with E-state index in [-0.39, 0.29) is 5.91 Å². The standard InChI is InChI=1S/C20H29N5OS/c1-3-24-8-10-25(11-9-24)15-6-7-18-17(13-15)19(22-23(18)2)20(26)21-14-16-5-4-12-27-16/h4-5,12,15H,3,6-11,13-14H2,1-2H3,(H,21,26). The Hall–Kier alpha value is -1.70. The summed E-state index contributed by atoms with van der Waals surface area (Å²) in [7, 11) is 1.97. The molecule has 1 aliphatic heterocycles. The van der Waals surface area contributed by atoms with Crippen molar-refractivity contribution in [2.24, 2.45) is 7.05 Å². The van der Waals surface area contributed by atoms with Gasteiger partial charge in [0, 0.05) is 55.4 Å². The molecule has 3 heterocycles. The number of rotatable bonds is 5. The Labute approximate surface area is 165 Å². The van der Waals surface area contributed by atoms with Crippen molar-refractivity contribution < 1.29 is 4.79 Å². The van der Waals surface area contributed by atoms with E-state index in [0.29, 0.717) is 18.3 Å². The van der Waals surface area contributed by atoms with Crippen LogP contribution < -0.4 is 5.32 Å². The number of thiophene rings is 1. The van der Waals surface area contributed by atoms with Crippen molar-refractivity contribution in [3.8, 4) is 0 Å². The van der Waals surface area contributed by atoms with Crippen LogP contribution in [-0.2, 0) is 26.4 Å². The number of aromatic nitrogens is 2. The van der Waals surface area contributed by atoms with Gasteiger partial charge in [0.1, 0.15) is 0 Å². The van der Waals surface area contributed by atoms with Gasteiger partial charge in [0.2, 0.25) is 0 Å². The van der Waals surface area contributed by atoms with Gasteiger partial charge in [-0.25, -0.2) is 0 Å². The van der Waals surface area contributed by atoms with Crippen LogP contribution in [0, 0.1) is 0 Å². The Bertz CT molecular complexity index is 777. The lowest BCUT2D eigenvalue weighted by molar-refractivity contribution is 0.0908. The molecule has 1 N–H and O–H groups in total. The van der Waals surface area contributed by atoms with E-state index in [1.807, 2.05) is 29.2 Å². The zero-order valence-corrected chi connectivity index (χ0v) is 17.1. The van der Waals surface area contributed by atoms with Crippen molar-refractivity contribution in [3.63, 3.8) is 0 Å². The van der Waals surface area contributed by atoms with Crippen molar-refractivity contribution in [2.75, 3.05) is 32.7 Å². The Morgan fingerprint density at radius 2 is 2.15 bits per heavy atom. The SMILES string of the molecule is CCN1CCN(C2CCc3c(c(C(=O)NCc4cccs4)nn3C)C2)CC1. The maximum Gasteiger partial charge on any atom is 0.272 e. The highest BCUT2D eigenvalue weighted by molar-refractivity contribution is 7.09. The van der Waals surface area contributed by atoms with Gasteiger partial charge in [-0.2, -0.15) is 5.10 Å². The predicted molar refractivity (Wildman–Crippen MR) is 108 cm³/mol. The molecule has 1 saturated heterocycles. The lowest BCUT2D eigenvalue weighted by Gasteiger charge is -2.40. The van der Waals surface area contributed by atoms with E-state index < -0.39 is 0 Å². The van der Waals surface area contributed by atoms with Crippen molar-refractivity contribution in [1.82, 2.24) is 24.9 Å². The first-order chi connectivity index (χ1) is 13.2. The second-order valence-corrected chi connectivity index (χ2v) is 8.56. The molecule has 1 amide bonds. The molecule has 4 rings (SSSR count). The lowest BCUT2D eigenvalue weighted by Crippen LogP contribution is -2.51. The van der Waals surface area contributed by atoms with Crippen molar-refractivity contribution >= 4 is 17.2 Å². The molecule has 2 aliphatic rings. The molecular formula is C20H29N5OS. The van der Waals surface area contributed by atoms with Gasteiger partial charge >= 0.3 is 0 Å². The smallest absolute Gasteiger partial charge is 0.272 e. The van der Waals surface area contributed by atoms with E-state index in [1.165, 1.54) is 10.6 Å². The Morgan fingerprint density at radius 1 is 1.33 bits per heavy atom. The van der Waals surface area contributed by atoms with Crippen LogP contribution in [0.5, 0.6) is 0 Å². The molecule has 27 heavy (non-hydrogen) atoms. The number of hydrogen-bond donors (Lipinski definition) is 1. The van der Waals surface area contributed by atoms with Crippen LogP contribution in [0.25, 0.3) is 0 Å². The van der Waals surface area contributed by atoms with Crippen LogP contribution in [0.15, 0.2) is 17.5 Å². The first kappa shape index (κ1) is 18.7. The number of nitrogens with one attached hydrogen (secondary N) is 1. The molecule has 0 aromatic carbocycles. The fourth-order valence-electron chi connectivity index (χ4n) is 4.37. The van der Waals surface area contributed by atoms with E-state index >= 15 is 0 Å². The average Bonchev–Trinajstić information content (AvgIpc) is 3.34. The quantitative estimate of drug-likeness (QED) is 0.852. The molecule has 0 spiro atoms. The molecule has 0 radical (unpaired) electrons. The summed E-state index contributed by atoms with van der Waals surface area (Å²) in [6, 6.07) is 4.59. The van der Waals surface area contributed by atoms with E-state index in [4.69, 9.17) is 0 Å². The summed E-state index contributed by atoms with van der Waals surface area (Å²) in [5.74, 6) is -0.0447. The molecule has 1 atom stereocenters. The zero-order valence-electron chi connectivity index (χ0n) is 16.3. The summed E-state index contributed by atoms with van der Waals surface area (Å²) >= 11 is 1.66. The normalized spacial score (nSPS) is 21.2. The number of piperazine rings is 1. The summed E-state index contributed by atoms with van der Waals surface area (Å²) in [5.41, 5.74) is 3.02. The highest BCUT2D eigenvalue weighted by Crippen LogP contribution is 2.28. The van der Waals surface area contributed by atoms with Gasteiger partial charge in [-0.15, -0.1) is 11.3 Å². The molecule has 6 nitrogen and oxygen atoms in total. The van der Waals surface area contributed by atoms with Gasteiger partial charge in [-0.05, 0) is 37.3 Å². The highest BCUT2D eigenvalue weighted by atomic mass is 32.1. The number of likely N-dealkylation sites (N-methyl/N-ethyl adjacent to an activating group) is 1. The van der Waals surface area contributed by atoms with Crippen LogP contribution in [0.1, 0.15) is 40.0 Å². The number of fused-ring (bicyclic) bond motifs is 1. The van der Waals surface area contributed by atoms with E-state index in [0.717, 1.165) is 57.5 Å². The second-order valence-electron chi connectivity index (χ2n) is 7.53. The minimum absolute atomic E-state index is 0.0447. The third kappa shape index (κ3) is 3.95. The lowest BCUT2D eigenvalue weighted by atomic mass is 9.89. The fourth-order valence-corrected chi connectivity index (χ4v) is 5.02. The molecule has 146 valence electrons. The third-order valence-electron chi connectivity index (χ3n) is 6.02. The van der Waals surface area contributed by atoms with Crippen LogP contribution in [0.3, 0.4) is 0 Å². The molecule has 7 heteroatoms. The minimum Gasteiger partial charge on any atom is -0.346 e. The first-order valence-electron chi connectivity index (χ1n) is 9.97. The number of nitrogens with zero attached hydrogens (tertiary/aromatic N) is 4. The van der Waals surface area contributed by atoms with Crippen LogP contribution in [0.4, 0.5) is 0 Å². The van der Waals surface area contributed by atoms with Gasteiger partial charge in [-0.1, -0.05) is 13.0 Å². The Kier molecular flexibility index (Phi) is 5.61. The number of carbonyl (C=O) groups excluding carboxylic acids is 1. The van der Waals surface area contributed by atoms with Gasteiger partial charge in [0.15, 0.2) is 5.69 Å². The molecule has 0 bridgehead atoms. The van der Waals surface area contributed by atoms with Crippen LogP contribution >= 0.6 is 11.3 Å². The monoisotopic (exact) mass is 387 g/mol. The Balaban J connectivity index is 1.45. The van der Waals surface area contributed by atoms with E-state index in [1.54, 1.807) is 11.3 Å². The third-order valence-corrected chi connectivity index (χ3v) is 6.89. The van der Waals surface area contributed by atoms with E-state index in [9.17, 15) is 4.79 Å². The van der Waals surface area contributed by atoms with Gasteiger partial charge < -0.3 is 10.2 Å². The van der Waals surface area contributed by atoms with Crippen molar-refractivity contribution in [3.05, 3.63) is 39.3 Å². The maximum absolute atomic E-state index is 12.8. The average molecular weight is 388 g/mol.